The molecule has 0 aromatic carbocycles. The number of likely N-dealkylation sites (tertiary alicyclic amines) is 1. The highest BCUT2D eigenvalue weighted by molar-refractivity contribution is 6.08. The molecule has 0 radical (unpaired) electrons. The number of Topliss-reactive ketones (excluding diaryl/α,β-unsaturated/α-hetero) is 1. The summed E-state index contributed by atoms with van der Waals surface area (Å²) < 4.78 is 11.4. The van der Waals surface area contributed by atoms with Gasteiger partial charge in [0.2, 0.25) is 0 Å². The van der Waals surface area contributed by atoms with Crippen molar-refractivity contribution in [2.24, 2.45) is 0 Å². The molecule has 6 heteroatoms. The summed E-state index contributed by atoms with van der Waals surface area (Å²) in [5.41, 5.74) is -2.00. The summed E-state index contributed by atoms with van der Waals surface area (Å²) >= 11 is 0. The second-order valence-electron chi connectivity index (χ2n) is 6.54. The number of carbonyl (C=O) groups excluding carboxylic acids is 2. The highest BCUT2D eigenvalue weighted by atomic mass is 16.7. The molecule has 3 atom stereocenters. The van der Waals surface area contributed by atoms with Gasteiger partial charge in [-0.05, 0) is 33.6 Å². The molecular weight excluding hydrogens is 298 g/mol. The van der Waals surface area contributed by atoms with Crippen LogP contribution < -0.4 is 0 Å². The SMILES string of the molecule is C=CCCCN1C(=O)[C@@](O)(C(=C)C(C)=O)[C@@H]1[C@H]1COC(C)(C)O1. The number of ether oxygens (including phenoxy) is 2. The Balaban J connectivity index is 2.24. The van der Waals surface area contributed by atoms with E-state index >= 15 is 0 Å². The predicted molar refractivity (Wildman–Crippen MR) is 84.6 cm³/mol. The van der Waals surface area contributed by atoms with E-state index in [1.165, 1.54) is 6.92 Å². The quantitative estimate of drug-likeness (QED) is 0.330. The largest absolute Gasteiger partial charge is 0.374 e. The van der Waals surface area contributed by atoms with E-state index in [0.29, 0.717) is 6.54 Å². The fourth-order valence-electron chi connectivity index (χ4n) is 3.19. The van der Waals surface area contributed by atoms with Crippen LogP contribution in [0.3, 0.4) is 0 Å². The lowest BCUT2D eigenvalue weighted by atomic mass is 9.73. The van der Waals surface area contributed by atoms with E-state index < -0.39 is 35.2 Å². The maximum atomic E-state index is 12.5. The molecule has 2 aliphatic heterocycles. The van der Waals surface area contributed by atoms with Gasteiger partial charge in [-0.3, -0.25) is 9.59 Å². The third kappa shape index (κ3) is 2.98. The molecule has 2 aliphatic rings. The Morgan fingerprint density at radius 1 is 1.52 bits per heavy atom. The van der Waals surface area contributed by atoms with Crippen LogP contribution in [0, 0.1) is 0 Å². The molecule has 2 heterocycles. The molecule has 0 bridgehead atoms. The minimum atomic E-state index is -1.91. The van der Waals surface area contributed by atoms with Gasteiger partial charge in [-0.2, -0.15) is 0 Å². The third-order valence-corrected chi connectivity index (χ3v) is 4.43. The van der Waals surface area contributed by atoms with Crippen LogP contribution in [-0.4, -0.2) is 58.4 Å². The van der Waals surface area contributed by atoms with Gasteiger partial charge in [-0.25, -0.2) is 0 Å². The summed E-state index contributed by atoms with van der Waals surface area (Å²) in [7, 11) is 0. The maximum absolute atomic E-state index is 12.5. The molecule has 0 spiro atoms. The first-order chi connectivity index (χ1) is 10.6. The lowest BCUT2D eigenvalue weighted by molar-refractivity contribution is -0.207. The van der Waals surface area contributed by atoms with Crippen molar-refractivity contribution in [2.45, 2.75) is 57.1 Å². The van der Waals surface area contributed by atoms with Gasteiger partial charge in [-0.1, -0.05) is 12.7 Å². The number of amides is 1. The third-order valence-electron chi connectivity index (χ3n) is 4.43. The van der Waals surface area contributed by atoms with Gasteiger partial charge < -0.3 is 19.5 Å². The maximum Gasteiger partial charge on any atom is 0.262 e. The molecule has 0 unspecified atom stereocenters. The zero-order chi connectivity index (χ0) is 17.4. The van der Waals surface area contributed by atoms with Gasteiger partial charge in [0.05, 0.1) is 6.61 Å². The highest BCUT2D eigenvalue weighted by Crippen LogP contribution is 2.42. The highest BCUT2D eigenvalue weighted by Gasteiger charge is 2.66. The Morgan fingerprint density at radius 2 is 2.17 bits per heavy atom. The molecule has 1 amide bonds. The van der Waals surface area contributed by atoms with Crippen LogP contribution in [0.25, 0.3) is 0 Å². The first-order valence-electron chi connectivity index (χ1n) is 7.81. The summed E-state index contributed by atoms with van der Waals surface area (Å²) in [5.74, 6) is -1.69. The molecule has 0 aliphatic carbocycles. The molecule has 1 N–H and O–H groups in total. The molecule has 128 valence electrons. The molecule has 0 aromatic heterocycles. The minimum absolute atomic E-state index is 0.0965. The van der Waals surface area contributed by atoms with Crippen molar-refractivity contribution in [3.05, 3.63) is 24.8 Å². The van der Waals surface area contributed by atoms with Gasteiger partial charge in [0.1, 0.15) is 12.1 Å². The van der Waals surface area contributed by atoms with Crippen molar-refractivity contribution in [2.75, 3.05) is 13.2 Å². The van der Waals surface area contributed by atoms with Gasteiger partial charge in [0.25, 0.3) is 5.91 Å². The number of aliphatic hydroxyl groups is 1. The number of rotatable bonds is 7. The number of hydrogen-bond acceptors (Lipinski definition) is 5. The van der Waals surface area contributed by atoms with Gasteiger partial charge >= 0.3 is 0 Å². The average Bonchev–Trinajstić information content (AvgIpc) is 2.83. The van der Waals surface area contributed by atoms with Crippen molar-refractivity contribution in [1.82, 2.24) is 4.90 Å². The summed E-state index contributed by atoms with van der Waals surface area (Å²) in [6.45, 7) is 12.8. The topological polar surface area (TPSA) is 76.1 Å². The predicted octanol–water partition coefficient (Wildman–Crippen LogP) is 1.19. The Morgan fingerprint density at radius 3 is 2.65 bits per heavy atom. The van der Waals surface area contributed by atoms with Crippen molar-refractivity contribution >= 4 is 11.7 Å². The molecule has 0 aromatic rings. The lowest BCUT2D eigenvalue weighted by Gasteiger charge is -2.55. The zero-order valence-corrected chi connectivity index (χ0v) is 14.0. The smallest absolute Gasteiger partial charge is 0.262 e. The summed E-state index contributed by atoms with van der Waals surface area (Å²) in [6.07, 6.45) is 2.76. The lowest BCUT2D eigenvalue weighted by Crippen LogP contribution is -2.78. The van der Waals surface area contributed by atoms with Crippen LogP contribution in [-0.2, 0) is 19.1 Å². The van der Waals surface area contributed by atoms with E-state index in [2.05, 4.69) is 13.2 Å². The molecule has 2 saturated heterocycles. The Labute approximate surface area is 136 Å². The van der Waals surface area contributed by atoms with Gasteiger partial charge in [-0.15, -0.1) is 6.58 Å². The van der Waals surface area contributed by atoms with Crippen LogP contribution in [0.5, 0.6) is 0 Å². The number of hydrogen-bond donors (Lipinski definition) is 1. The standard InChI is InChI=1S/C17H25NO5/c1-6-7-8-9-18-14(13-10-22-16(4,5)23-13)17(21,15(18)20)11(2)12(3)19/h6,13-14,21H,1-2,7-10H2,3-5H3/t13-,14+,17-/m1/s1. The molecule has 2 rings (SSSR count). The summed E-state index contributed by atoms with van der Waals surface area (Å²) in [6, 6.07) is -0.669. The first kappa shape index (κ1) is 17.8. The molecule has 2 fully saturated rings. The number of nitrogens with zero attached hydrogens (tertiary/aromatic N) is 1. The second-order valence-corrected chi connectivity index (χ2v) is 6.54. The van der Waals surface area contributed by atoms with Crippen LogP contribution in [0.15, 0.2) is 24.8 Å². The fraction of sp³-hybridized carbons (Fsp3) is 0.647. The van der Waals surface area contributed by atoms with Crippen molar-refractivity contribution in [3.8, 4) is 0 Å². The number of carbonyl (C=O) groups is 2. The van der Waals surface area contributed by atoms with E-state index in [1.54, 1.807) is 24.8 Å². The normalized spacial score (nSPS) is 32.5. The number of allylic oxidation sites excluding steroid dienone is 1. The van der Waals surface area contributed by atoms with Crippen molar-refractivity contribution in [3.63, 3.8) is 0 Å². The summed E-state index contributed by atoms with van der Waals surface area (Å²) in [4.78, 5) is 25.7. The Kier molecular flexibility index (Phi) is 4.80. The van der Waals surface area contributed by atoms with Crippen LogP contribution in [0.2, 0.25) is 0 Å². The van der Waals surface area contributed by atoms with E-state index in [4.69, 9.17) is 9.47 Å². The number of β-lactam (4-membered cyclic amide) rings is 1. The minimum Gasteiger partial charge on any atom is -0.374 e. The fourth-order valence-corrected chi connectivity index (χ4v) is 3.19. The van der Waals surface area contributed by atoms with Gasteiger partial charge in [0, 0.05) is 12.1 Å². The van der Waals surface area contributed by atoms with Crippen molar-refractivity contribution in [1.29, 1.82) is 0 Å². The zero-order valence-electron chi connectivity index (χ0n) is 14.0. The molecular formula is C17H25NO5. The first-order valence-corrected chi connectivity index (χ1v) is 7.81. The Bertz CT molecular complexity index is 541. The van der Waals surface area contributed by atoms with Crippen molar-refractivity contribution < 1.29 is 24.2 Å². The second kappa shape index (κ2) is 6.19. The average molecular weight is 323 g/mol. The van der Waals surface area contributed by atoms with Crippen LogP contribution >= 0.6 is 0 Å². The Hall–Kier alpha value is -1.50. The van der Waals surface area contributed by atoms with Gasteiger partial charge in [0.15, 0.2) is 17.2 Å². The van der Waals surface area contributed by atoms with E-state index in [1.807, 2.05) is 0 Å². The monoisotopic (exact) mass is 323 g/mol. The van der Waals surface area contributed by atoms with E-state index in [9.17, 15) is 14.7 Å². The van der Waals surface area contributed by atoms with E-state index in [0.717, 1.165) is 12.8 Å². The molecule has 23 heavy (non-hydrogen) atoms. The summed E-state index contributed by atoms with van der Waals surface area (Å²) in [5, 5.41) is 10.9. The van der Waals surface area contributed by atoms with Crippen LogP contribution in [0.4, 0.5) is 0 Å². The number of ketones is 1. The van der Waals surface area contributed by atoms with Crippen LogP contribution in [0.1, 0.15) is 33.6 Å². The molecule has 6 nitrogen and oxygen atoms in total. The number of unbranched alkanes of at least 4 members (excludes halogenated alkanes) is 1. The van der Waals surface area contributed by atoms with E-state index in [-0.39, 0.29) is 12.2 Å². The molecule has 0 saturated carbocycles.